The minimum absolute atomic E-state index is 0.143. The third-order valence-corrected chi connectivity index (χ3v) is 3.03. The third-order valence-electron chi connectivity index (χ3n) is 2.38. The first kappa shape index (κ1) is 13.1. The number of aryl methyl sites for hydroxylation is 1. The van der Waals surface area contributed by atoms with E-state index in [2.05, 4.69) is 26.3 Å². The zero-order valence-electron chi connectivity index (χ0n) is 9.65. The van der Waals surface area contributed by atoms with Crippen molar-refractivity contribution in [3.63, 3.8) is 0 Å². The molecule has 0 aliphatic heterocycles. The summed E-state index contributed by atoms with van der Waals surface area (Å²) in [6, 6.07) is 5.38. The van der Waals surface area contributed by atoms with E-state index < -0.39 is 0 Å². The quantitative estimate of drug-likeness (QED) is 0.940. The molecule has 0 bridgehead atoms. The lowest BCUT2D eigenvalue weighted by Gasteiger charge is -2.08. The fourth-order valence-corrected chi connectivity index (χ4v) is 1.99. The molecule has 0 saturated carbocycles. The van der Waals surface area contributed by atoms with Gasteiger partial charge in [0.1, 0.15) is 6.54 Å². The van der Waals surface area contributed by atoms with Crippen molar-refractivity contribution in [3.8, 4) is 0 Å². The van der Waals surface area contributed by atoms with Crippen LogP contribution in [0.25, 0.3) is 0 Å². The third kappa shape index (κ3) is 3.34. The van der Waals surface area contributed by atoms with Crippen molar-refractivity contribution in [1.82, 2.24) is 9.78 Å². The van der Waals surface area contributed by atoms with Gasteiger partial charge in [0.05, 0.1) is 10.7 Å². The molecule has 6 heteroatoms. The molecule has 0 fully saturated rings. The molecule has 0 atom stereocenters. The van der Waals surface area contributed by atoms with Crippen molar-refractivity contribution in [2.24, 2.45) is 0 Å². The van der Waals surface area contributed by atoms with Crippen LogP contribution in [-0.2, 0) is 11.3 Å². The fraction of sp³-hybridized carbons (Fsp3) is 0.167. The Morgan fingerprint density at radius 3 is 3.00 bits per heavy atom. The molecule has 0 spiro atoms. The van der Waals surface area contributed by atoms with Gasteiger partial charge in [0, 0.05) is 16.9 Å². The number of nitrogens with zero attached hydrogens (tertiary/aromatic N) is 2. The average molecular weight is 329 g/mol. The molecule has 18 heavy (non-hydrogen) atoms. The van der Waals surface area contributed by atoms with Gasteiger partial charge in [-0.05, 0) is 40.5 Å². The highest BCUT2D eigenvalue weighted by Crippen LogP contribution is 2.20. The predicted molar refractivity (Wildman–Crippen MR) is 74.7 cm³/mol. The molecule has 2 aromatic rings. The Balaban J connectivity index is 2.05. The van der Waals surface area contributed by atoms with Crippen molar-refractivity contribution in [1.29, 1.82) is 0 Å². The maximum Gasteiger partial charge on any atom is 0.246 e. The molecule has 2 rings (SSSR count). The molecule has 0 unspecified atom stereocenters. The second-order valence-corrected chi connectivity index (χ2v) is 5.22. The number of carbonyl (C=O) groups is 1. The Morgan fingerprint density at radius 2 is 2.33 bits per heavy atom. The second kappa shape index (κ2) is 5.54. The summed E-state index contributed by atoms with van der Waals surface area (Å²) in [6.07, 6.45) is 3.38. The van der Waals surface area contributed by atoms with Gasteiger partial charge in [-0.3, -0.25) is 9.48 Å². The highest BCUT2D eigenvalue weighted by molar-refractivity contribution is 9.10. The average Bonchev–Trinajstić information content (AvgIpc) is 2.69. The summed E-state index contributed by atoms with van der Waals surface area (Å²) < 4.78 is 2.40. The van der Waals surface area contributed by atoms with E-state index in [1.165, 1.54) is 0 Å². The molecule has 4 nitrogen and oxygen atoms in total. The summed E-state index contributed by atoms with van der Waals surface area (Å²) in [4.78, 5) is 11.8. The van der Waals surface area contributed by atoms with Crippen molar-refractivity contribution >= 4 is 39.1 Å². The van der Waals surface area contributed by atoms with Crippen LogP contribution in [0.5, 0.6) is 0 Å². The van der Waals surface area contributed by atoms with Crippen molar-refractivity contribution in [2.75, 3.05) is 5.32 Å². The molecule has 0 aliphatic rings. The maximum absolute atomic E-state index is 11.8. The van der Waals surface area contributed by atoms with Gasteiger partial charge < -0.3 is 5.32 Å². The Bertz CT molecular complexity index is 582. The van der Waals surface area contributed by atoms with E-state index in [-0.39, 0.29) is 12.5 Å². The Kier molecular flexibility index (Phi) is 4.04. The van der Waals surface area contributed by atoms with Crippen LogP contribution in [-0.4, -0.2) is 15.7 Å². The van der Waals surface area contributed by atoms with Crippen LogP contribution in [0.2, 0.25) is 5.02 Å². The van der Waals surface area contributed by atoms with E-state index in [9.17, 15) is 4.79 Å². The van der Waals surface area contributed by atoms with Crippen molar-refractivity contribution < 1.29 is 4.79 Å². The molecule has 0 saturated heterocycles. The van der Waals surface area contributed by atoms with E-state index in [1.54, 1.807) is 29.2 Å². The standard InChI is InChI=1S/C12H11BrClN3O/c1-8-2-3-10(14)4-11(8)16-12(18)7-17-6-9(13)5-15-17/h2-6H,7H2,1H3,(H,16,18). The van der Waals surface area contributed by atoms with Gasteiger partial charge in [-0.2, -0.15) is 5.10 Å². The topological polar surface area (TPSA) is 46.9 Å². The smallest absolute Gasteiger partial charge is 0.246 e. The minimum atomic E-state index is -0.143. The fourth-order valence-electron chi connectivity index (χ4n) is 1.49. The van der Waals surface area contributed by atoms with Gasteiger partial charge in [0.25, 0.3) is 0 Å². The van der Waals surface area contributed by atoms with Crippen LogP contribution >= 0.6 is 27.5 Å². The molecule has 1 N–H and O–H groups in total. The highest BCUT2D eigenvalue weighted by Gasteiger charge is 2.07. The number of hydrogen-bond acceptors (Lipinski definition) is 2. The molecule has 94 valence electrons. The van der Waals surface area contributed by atoms with Crippen molar-refractivity contribution in [2.45, 2.75) is 13.5 Å². The summed E-state index contributed by atoms with van der Waals surface area (Å²) in [6.45, 7) is 2.08. The van der Waals surface area contributed by atoms with Crippen LogP contribution in [0.15, 0.2) is 35.1 Å². The summed E-state index contributed by atoms with van der Waals surface area (Å²) in [5, 5.41) is 7.42. The Hall–Kier alpha value is -1.33. The number of halogens is 2. The summed E-state index contributed by atoms with van der Waals surface area (Å²) in [5.41, 5.74) is 1.69. The zero-order chi connectivity index (χ0) is 13.1. The molecule has 1 aromatic heterocycles. The zero-order valence-corrected chi connectivity index (χ0v) is 12.0. The summed E-state index contributed by atoms with van der Waals surface area (Å²) >= 11 is 9.17. The van der Waals surface area contributed by atoms with E-state index >= 15 is 0 Å². The van der Waals surface area contributed by atoms with E-state index in [0.717, 1.165) is 15.7 Å². The summed E-state index contributed by atoms with van der Waals surface area (Å²) in [7, 11) is 0. The first-order valence-electron chi connectivity index (χ1n) is 5.28. The summed E-state index contributed by atoms with van der Waals surface area (Å²) in [5.74, 6) is -0.143. The number of anilines is 1. The second-order valence-electron chi connectivity index (χ2n) is 3.86. The van der Waals surface area contributed by atoms with Gasteiger partial charge in [0.2, 0.25) is 5.91 Å². The first-order valence-corrected chi connectivity index (χ1v) is 6.45. The lowest BCUT2D eigenvalue weighted by molar-refractivity contribution is -0.116. The molecule has 1 amide bonds. The van der Waals surface area contributed by atoms with Crippen LogP contribution in [0.3, 0.4) is 0 Å². The number of hydrogen-bond donors (Lipinski definition) is 1. The lowest BCUT2D eigenvalue weighted by Crippen LogP contribution is -2.19. The largest absolute Gasteiger partial charge is 0.324 e. The Morgan fingerprint density at radius 1 is 1.56 bits per heavy atom. The van der Waals surface area contributed by atoms with Crippen LogP contribution < -0.4 is 5.32 Å². The molecule has 1 aromatic carbocycles. The molecule has 0 aliphatic carbocycles. The molecular formula is C12H11BrClN3O. The van der Waals surface area contributed by atoms with Gasteiger partial charge in [-0.25, -0.2) is 0 Å². The van der Waals surface area contributed by atoms with E-state index in [4.69, 9.17) is 11.6 Å². The van der Waals surface area contributed by atoms with Crippen LogP contribution in [0.4, 0.5) is 5.69 Å². The number of benzene rings is 1. The number of amides is 1. The Labute approximate surface area is 118 Å². The number of rotatable bonds is 3. The first-order chi connectivity index (χ1) is 8.54. The highest BCUT2D eigenvalue weighted by atomic mass is 79.9. The lowest BCUT2D eigenvalue weighted by atomic mass is 10.2. The predicted octanol–water partition coefficient (Wildman–Crippen LogP) is 3.25. The number of nitrogens with one attached hydrogen (secondary N) is 1. The van der Waals surface area contributed by atoms with Gasteiger partial charge >= 0.3 is 0 Å². The van der Waals surface area contributed by atoms with Gasteiger partial charge in [-0.15, -0.1) is 0 Å². The van der Waals surface area contributed by atoms with Crippen LogP contribution in [0, 0.1) is 6.92 Å². The maximum atomic E-state index is 11.8. The SMILES string of the molecule is Cc1ccc(Cl)cc1NC(=O)Cn1cc(Br)cn1. The number of carbonyl (C=O) groups excluding carboxylic acids is 1. The van der Waals surface area contributed by atoms with E-state index in [1.807, 2.05) is 13.0 Å². The van der Waals surface area contributed by atoms with Gasteiger partial charge in [0.15, 0.2) is 0 Å². The monoisotopic (exact) mass is 327 g/mol. The normalized spacial score (nSPS) is 10.4. The van der Waals surface area contributed by atoms with Crippen molar-refractivity contribution in [3.05, 3.63) is 45.7 Å². The van der Waals surface area contributed by atoms with Gasteiger partial charge in [-0.1, -0.05) is 17.7 Å². The minimum Gasteiger partial charge on any atom is -0.324 e. The van der Waals surface area contributed by atoms with Crippen LogP contribution in [0.1, 0.15) is 5.56 Å². The molecule has 1 heterocycles. The number of aromatic nitrogens is 2. The van der Waals surface area contributed by atoms with E-state index in [0.29, 0.717) is 5.02 Å². The molecule has 0 radical (unpaired) electrons. The molecular weight excluding hydrogens is 318 g/mol.